The average molecular weight is 445 g/mol. The van der Waals surface area contributed by atoms with Crippen molar-refractivity contribution in [3.63, 3.8) is 0 Å². The van der Waals surface area contributed by atoms with E-state index in [4.69, 9.17) is 24.3 Å². The van der Waals surface area contributed by atoms with Gasteiger partial charge in [-0.1, -0.05) is 0 Å². The highest BCUT2D eigenvalue weighted by Crippen LogP contribution is 2.51. The van der Waals surface area contributed by atoms with Gasteiger partial charge in [0, 0.05) is 7.11 Å². The van der Waals surface area contributed by atoms with E-state index in [1.165, 1.54) is 13.4 Å². The molecule has 30 heavy (non-hydrogen) atoms. The first-order valence-corrected chi connectivity index (χ1v) is 10.9. The number of nitrogens with two attached hydrogens (primary N) is 1. The highest BCUT2D eigenvalue weighted by atomic mass is 31.2. The summed E-state index contributed by atoms with van der Waals surface area (Å²) in [5.41, 5.74) is 4.41. The zero-order valence-electron chi connectivity index (χ0n) is 17.3. The van der Waals surface area contributed by atoms with Crippen LogP contribution in [0, 0.1) is 11.4 Å². The van der Waals surface area contributed by atoms with Crippen LogP contribution in [0.3, 0.4) is 0 Å². The number of imidazole rings is 1. The molecule has 0 aromatic carbocycles. The largest absolute Gasteiger partial charge is 0.438 e. The van der Waals surface area contributed by atoms with Crippen LogP contribution in [0.5, 0.6) is 0 Å². The number of fused-ring (bicyclic) bond motifs is 1. The van der Waals surface area contributed by atoms with Crippen molar-refractivity contribution in [2.75, 3.05) is 26.0 Å². The lowest BCUT2D eigenvalue weighted by atomic mass is 9.98. The van der Waals surface area contributed by atoms with E-state index in [-0.39, 0.29) is 23.5 Å². The van der Waals surface area contributed by atoms with Crippen LogP contribution < -0.4 is 5.73 Å². The van der Waals surface area contributed by atoms with Gasteiger partial charge in [-0.05, 0) is 33.6 Å². The molecule has 1 aliphatic carbocycles. The fraction of sp³-hybridized carbons (Fsp3) is 0.647. The highest BCUT2D eigenvalue weighted by molar-refractivity contribution is 7.53. The monoisotopic (exact) mass is 445 g/mol. The summed E-state index contributed by atoms with van der Waals surface area (Å²) in [5.74, 6) is -1.50. The quantitative estimate of drug-likeness (QED) is 0.265. The molecule has 0 saturated heterocycles. The maximum atomic E-state index is 13.9. The van der Waals surface area contributed by atoms with Crippen LogP contribution in [-0.2, 0) is 34.4 Å². The van der Waals surface area contributed by atoms with E-state index in [1.54, 1.807) is 25.3 Å². The zero-order valence-corrected chi connectivity index (χ0v) is 18.1. The highest BCUT2D eigenvalue weighted by Gasteiger charge is 2.46. The van der Waals surface area contributed by atoms with Crippen LogP contribution in [0.1, 0.15) is 33.6 Å². The van der Waals surface area contributed by atoms with E-state index >= 15 is 0 Å². The zero-order chi connectivity index (χ0) is 22.2. The van der Waals surface area contributed by atoms with Gasteiger partial charge in [0.25, 0.3) is 0 Å². The minimum atomic E-state index is -3.65. The van der Waals surface area contributed by atoms with Crippen LogP contribution in [0.15, 0.2) is 6.33 Å². The molecule has 0 aliphatic heterocycles. The van der Waals surface area contributed by atoms with Crippen LogP contribution in [0.2, 0.25) is 0 Å². The maximum absolute atomic E-state index is 13.9. The number of esters is 1. The van der Waals surface area contributed by atoms with Crippen molar-refractivity contribution in [2.45, 2.75) is 45.8 Å². The predicted octanol–water partition coefficient (Wildman–Crippen LogP) is 2.46. The molecular weight excluding hydrogens is 420 g/mol. The Hall–Kier alpha value is -2.14. The first-order chi connectivity index (χ1) is 14.0. The number of carbonyl (C=O) groups excluding carboxylic acids is 1. The lowest BCUT2D eigenvalue weighted by molar-refractivity contribution is -0.160. The van der Waals surface area contributed by atoms with Gasteiger partial charge in [-0.3, -0.25) is 13.9 Å². The number of aromatic nitrogens is 4. The Labute approximate surface area is 172 Å². The van der Waals surface area contributed by atoms with Crippen LogP contribution >= 0.6 is 7.60 Å². The summed E-state index contributed by atoms with van der Waals surface area (Å²) in [6.07, 6.45) is 2.44. The Balaban J connectivity index is 1.60. The molecule has 1 saturated carbocycles. The molecule has 166 valence electrons. The molecule has 0 spiro atoms. The normalized spacial score (nSPS) is 17.6. The van der Waals surface area contributed by atoms with Gasteiger partial charge in [-0.25, -0.2) is 4.98 Å². The van der Waals surface area contributed by atoms with Crippen molar-refractivity contribution >= 4 is 30.7 Å². The molecule has 0 bridgehead atoms. The average Bonchev–Trinajstić information content (AvgIpc) is 3.32. The van der Waals surface area contributed by atoms with Crippen molar-refractivity contribution in [1.82, 2.24) is 19.5 Å². The number of rotatable bonds is 9. The van der Waals surface area contributed by atoms with E-state index in [1.807, 2.05) is 0 Å². The standard InChI is InChI=1S/C17H25FN5O6P/c1-16(2,3)14(24)27-9-29-30(25,26-4)10-28-17(5-6-17)7-23-8-20-11-12(18)21-15(19)22-13(11)23/h8H,5-7,9-10H2,1-4H3,(H2,19,21,22). The van der Waals surface area contributed by atoms with Gasteiger partial charge in [-0.15, -0.1) is 0 Å². The first-order valence-electron chi connectivity index (χ1n) is 9.21. The van der Waals surface area contributed by atoms with E-state index in [2.05, 4.69) is 15.0 Å². The third kappa shape index (κ3) is 5.12. The van der Waals surface area contributed by atoms with E-state index < -0.39 is 37.3 Å². The molecule has 1 fully saturated rings. The molecule has 0 amide bonds. The summed E-state index contributed by atoms with van der Waals surface area (Å²) in [6.45, 7) is 4.85. The van der Waals surface area contributed by atoms with Crippen molar-refractivity contribution < 1.29 is 32.3 Å². The van der Waals surface area contributed by atoms with Gasteiger partial charge in [0.05, 0.1) is 23.9 Å². The van der Waals surface area contributed by atoms with Crippen molar-refractivity contribution in [3.05, 3.63) is 12.3 Å². The second-order valence-corrected chi connectivity index (χ2v) is 10.2. The van der Waals surface area contributed by atoms with Gasteiger partial charge in [0.15, 0.2) is 11.2 Å². The molecular formula is C17H25FN5O6P. The Bertz CT molecular complexity index is 987. The lowest BCUT2D eigenvalue weighted by Crippen LogP contribution is -2.25. The molecule has 1 atom stereocenters. The molecule has 1 aliphatic rings. The number of halogens is 1. The molecule has 2 N–H and O–H groups in total. The topological polar surface area (TPSA) is 141 Å². The van der Waals surface area contributed by atoms with E-state index in [0.29, 0.717) is 19.4 Å². The summed E-state index contributed by atoms with van der Waals surface area (Å²) >= 11 is 0. The summed E-state index contributed by atoms with van der Waals surface area (Å²) in [7, 11) is -2.43. The molecule has 2 aromatic rings. The number of hydrogen-bond acceptors (Lipinski definition) is 10. The maximum Gasteiger partial charge on any atom is 0.358 e. The third-order valence-corrected chi connectivity index (χ3v) is 6.06. The molecule has 0 radical (unpaired) electrons. The Morgan fingerprint density at radius 1 is 1.37 bits per heavy atom. The van der Waals surface area contributed by atoms with Crippen molar-refractivity contribution in [3.8, 4) is 0 Å². The third-order valence-electron chi connectivity index (χ3n) is 4.56. The number of ether oxygens (including phenoxy) is 2. The van der Waals surface area contributed by atoms with Crippen molar-refractivity contribution in [2.24, 2.45) is 5.41 Å². The SMILES string of the molecule is COP(=O)(COC1(Cn2cnc3c(F)nc(N)nc32)CC1)OCOC(=O)C(C)(C)C. The van der Waals surface area contributed by atoms with Crippen LogP contribution in [0.25, 0.3) is 11.2 Å². The van der Waals surface area contributed by atoms with Gasteiger partial charge >= 0.3 is 13.6 Å². The number of nitrogen functional groups attached to an aromatic ring is 1. The van der Waals surface area contributed by atoms with E-state index in [9.17, 15) is 13.8 Å². The summed E-state index contributed by atoms with van der Waals surface area (Å²) in [5, 5.41) is 0. The summed E-state index contributed by atoms with van der Waals surface area (Å²) < 4.78 is 49.1. The van der Waals surface area contributed by atoms with Crippen molar-refractivity contribution in [1.29, 1.82) is 0 Å². The molecule has 13 heteroatoms. The first kappa shape index (κ1) is 22.5. The van der Waals surface area contributed by atoms with Gasteiger partial charge in [0.1, 0.15) is 6.35 Å². The minimum absolute atomic E-state index is 0.00607. The fourth-order valence-electron chi connectivity index (χ4n) is 2.57. The fourth-order valence-corrected chi connectivity index (χ4v) is 3.51. The van der Waals surface area contributed by atoms with Crippen LogP contribution in [-0.4, -0.2) is 51.3 Å². The Morgan fingerprint density at radius 3 is 2.67 bits per heavy atom. The van der Waals surface area contributed by atoms with Gasteiger partial charge < -0.3 is 24.3 Å². The Kier molecular flexibility index (Phi) is 6.15. The summed E-state index contributed by atoms with van der Waals surface area (Å²) in [4.78, 5) is 23.2. The molecule has 1 unspecified atom stereocenters. The van der Waals surface area contributed by atoms with E-state index in [0.717, 1.165) is 0 Å². The predicted molar refractivity (Wildman–Crippen MR) is 104 cm³/mol. The number of nitrogens with zero attached hydrogens (tertiary/aromatic N) is 4. The minimum Gasteiger partial charge on any atom is -0.438 e. The summed E-state index contributed by atoms with van der Waals surface area (Å²) in [6, 6.07) is 0. The number of carbonyl (C=O) groups is 1. The molecule has 2 aromatic heterocycles. The molecule has 11 nitrogen and oxygen atoms in total. The van der Waals surface area contributed by atoms with Gasteiger partial charge in [-0.2, -0.15) is 14.4 Å². The molecule has 2 heterocycles. The molecule has 3 rings (SSSR count). The Morgan fingerprint density at radius 2 is 2.07 bits per heavy atom. The second kappa shape index (κ2) is 8.18. The number of anilines is 1. The smallest absolute Gasteiger partial charge is 0.358 e. The van der Waals surface area contributed by atoms with Gasteiger partial charge in [0.2, 0.25) is 18.7 Å². The number of hydrogen-bond donors (Lipinski definition) is 1. The second-order valence-electron chi connectivity index (χ2n) is 8.10. The van der Waals surface area contributed by atoms with Crippen LogP contribution in [0.4, 0.5) is 10.3 Å². The lowest BCUT2D eigenvalue weighted by Gasteiger charge is -2.22.